The van der Waals surface area contributed by atoms with Crippen LogP contribution >= 0.6 is 11.8 Å². The van der Waals surface area contributed by atoms with Crippen LogP contribution in [0.4, 0.5) is 5.82 Å². The number of hydrogen-bond acceptors (Lipinski definition) is 7. The normalized spacial score (nSPS) is 15.7. The minimum absolute atomic E-state index is 0.0670. The zero-order chi connectivity index (χ0) is 15.3. The van der Waals surface area contributed by atoms with Crippen molar-refractivity contribution in [1.82, 2.24) is 9.97 Å². The number of thioether (sulfide) groups is 1. The van der Waals surface area contributed by atoms with Gasteiger partial charge in [-0.1, -0.05) is 0 Å². The van der Waals surface area contributed by atoms with Crippen LogP contribution in [0.3, 0.4) is 0 Å². The van der Waals surface area contributed by atoms with Crippen LogP contribution in [0.5, 0.6) is 0 Å². The first-order valence-corrected chi connectivity index (χ1v) is 7.96. The van der Waals surface area contributed by atoms with E-state index in [2.05, 4.69) is 9.97 Å². The third-order valence-electron chi connectivity index (χ3n) is 3.43. The minimum atomic E-state index is -0.146. The molecular formula is C14H21N3O3S. The molecule has 1 aliphatic rings. The largest absolute Gasteiger partial charge is 0.469 e. The van der Waals surface area contributed by atoms with Crippen molar-refractivity contribution >= 4 is 23.5 Å². The van der Waals surface area contributed by atoms with Gasteiger partial charge in [0, 0.05) is 18.4 Å². The van der Waals surface area contributed by atoms with Gasteiger partial charge in [0.05, 0.1) is 13.5 Å². The molecule has 0 radical (unpaired) electrons. The van der Waals surface area contributed by atoms with E-state index < -0.39 is 0 Å². The highest BCUT2D eigenvalue weighted by molar-refractivity contribution is 7.99. The Kier molecular flexibility index (Phi) is 5.41. The summed E-state index contributed by atoms with van der Waals surface area (Å²) >= 11 is 1.61. The van der Waals surface area contributed by atoms with Gasteiger partial charge in [-0.05, 0) is 25.2 Å². The average molecular weight is 311 g/mol. The minimum Gasteiger partial charge on any atom is -0.469 e. The number of rotatable bonds is 8. The Morgan fingerprint density at radius 2 is 2.24 bits per heavy atom. The lowest BCUT2D eigenvalue weighted by atomic mass is 10.1. The Balaban J connectivity index is 1.93. The second-order valence-corrected chi connectivity index (χ2v) is 6.22. The van der Waals surface area contributed by atoms with E-state index in [1.165, 1.54) is 7.11 Å². The maximum absolute atomic E-state index is 11.4. The molecule has 1 aromatic heterocycles. The van der Waals surface area contributed by atoms with Crippen LogP contribution in [-0.2, 0) is 20.9 Å². The maximum atomic E-state index is 11.4. The summed E-state index contributed by atoms with van der Waals surface area (Å²) in [4.78, 5) is 20.0. The number of hydrogen-bond donors (Lipinski definition) is 1. The summed E-state index contributed by atoms with van der Waals surface area (Å²) in [6.07, 6.45) is 2.59. The van der Waals surface area contributed by atoms with Gasteiger partial charge in [0.25, 0.3) is 0 Å². The van der Waals surface area contributed by atoms with Gasteiger partial charge in [0.15, 0.2) is 5.82 Å². The molecule has 7 heteroatoms. The van der Waals surface area contributed by atoms with Crippen molar-refractivity contribution in [1.29, 1.82) is 0 Å². The molecule has 0 aliphatic heterocycles. The SMILES string of the molecule is CCOCc1nc(N)cc(SCC2(CC(=O)OC)CC2)n1. The van der Waals surface area contributed by atoms with Gasteiger partial charge in [-0.2, -0.15) is 0 Å². The number of nitrogen functional groups attached to an aromatic ring is 1. The first-order chi connectivity index (χ1) is 10.1. The fourth-order valence-electron chi connectivity index (χ4n) is 1.98. The van der Waals surface area contributed by atoms with Gasteiger partial charge in [-0.25, -0.2) is 9.97 Å². The van der Waals surface area contributed by atoms with E-state index in [0.717, 1.165) is 23.6 Å². The highest BCUT2D eigenvalue weighted by Gasteiger charge is 2.44. The molecule has 116 valence electrons. The third kappa shape index (κ3) is 4.86. The molecule has 1 fully saturated rings. The Morgan fingerprint density at radius 1 is 1.48 bits per heavy atom. The Hall–Kier alpha value is -1.34. The average Bonchev–Trinajstić information content (AvgIpc) is 3.22. The molecule has 0 saturated heterocycles. The topological polar surface area (TPSA) is 87.3 Å². The molecule has 21 heavy (non-hydrogen) atoms. The van der Waals surface area contributed by atoms with E-state index in [9.17, 15) is 4.79 Å². The van der Waals surface area contributed by atoms with Gasteiger partial charge in [0.2, 0.25) is 0 Å². The number of nitrogens with two attached hydrogens (primary N) is 1. The number of aromatic nitrogens is 2. The van der Waals surface area contributed by atoms with Crippen LogP contribution in [0.15, 0.2) is 11.1 Å². The van der Waals surface area contributed by atoms with Crippen LogP contribution in [-0.4, -0.2) is 35.4 Å². The molecule has 0 amide bonds. The van der Waals surface area contributed by atoms with Crippen molar-refractivity contribution in [2.24, 2.45) is 5.41 Å². The molecule has 0 spiro atoms. The lowest BCUT2D eigenvalue weighted by Crippen LogP contribution is -2.13. The van der Waals surface area contributed by atoms with Crippen molar-refractivity contribution < 1.29 is 14.3 Å². The van der Waals surface area contributed by atoms with E-state index in [1.807, 2.05) is 6.92 Å². The van der Waals surface area contributed by atoms with E-state index in [4.69, 9.17) is 15.2 Å². The van der Waals surface area contributed by atoms with Gasteiger partial charge in [-0.15, -0.1) is 11.8 Å². The second kappa shape index (κ2) is 7.09. The number of ether oxygens (including phenoxy) is 2. The van der Waals surface area contributed by atoms with Crippen molar-refractivity contribution in [3.05, 3.63) is 11.9 Å². The van der Waals surface area contributed by atoms with Gasteiger partial charge < -0.3 is 15.2 Å². The smallest absolute Gasteiger partial charge is 0.306 e. The first kappa shape index (κ1) is 16.0. The molecule has 6 nitrogen and oxygen atoms in total. The summed E-state index contributed by atoms with van der Waals surface area (Å²) < 4.78 is 10.1. The molecule has 1 heterocycles. The van der Waals surface area contributed by atoms with Crippen molar-refractivity contribution in [2.45, 2.75) is 37.8 Å². The van der Waals surface area contributed by atoms with Crippen molar-refractivity contribution in [3.8, 4) is 0 Å². The summed E-state index contributed by atoms with van der Waals surface area (Å²) in [5.74, 6) is 1.73. The molecule has 2 rings (SSSR count). The molecule has 0 aromatic carbocycles. The second-order valence-electron chi connectivity index (χ2n) is 5.23. The lowest BCUT2D eigenvalue weighted by Gasteiger charge is -2.13. The summed E-state index contributed by atoms with van der Waals surface area (Å²) in [6.45, 7) is 2.90. The Labute approximate surface area is 128 Å². The Morgan fingerprint density at radius 3 is 2.86 bits per heavy atom. The van der Waals surface area contributed by atoms with E-state index in [1.54, 1.807) is 17.8 Å². The van der Waals surface area contributed by atoms with Crippen LogP contribution in [0.1, 0.15) is 32.0 Å². The van der Waals surface area contributed by atoms with Gasteiger partial charge in [-0.3, -0.25) is 4.79 Å². The van der Waals surface area contributed by atoms with E-state index in [0.29, 0.717) is 31.3 Å². The standard InChI is InChI=1S/C14H21N3O3S/c1-3-20-8-11-16-10(15)6-12(17-11)21-9-14(4-5-14)7-13(18)19-2/h6H,3-5,7-9H2,1-2H3,(H2,15,16,17). The summed E-state index contributed by atoms with van der Waals surface area (Å²) in [6, 6.07) is 1.76. The lowest BCUT2D eigenvalue weighted by molar-refractivity contribution is -0.141. The van der Waals surface area contributed by atoms with E-state index in [-0.39, 0.29) is 11.4 Å². The molecule has 1 aliphatic carbocycles. The van der Waals surface area contributed by atoms with Crippen molar-refractivity contribution in [2.75, 3.05) is 25.2 Å². The predicted octanol–water partition coefficient (Wildman–Crippen LogP) is 2.03. The quantitative estimate of drug-likeness (QED) is 0.446. The zero-order valence-corrected chi connectivity index (χ0v) is 13.2. The number of carbonyl (C=O) groups is 1. The zero-order valence-electron chi connectivity index (χ0n) is 12.4. The number of nitrogens with zero attached hydrogens (tertiary/aromatic N) is 2. The summed E-state index contributed by atoms with van der Waals surface area (Å²) in [5.41, 5.74) is 5.86. The monoisotopic (exact) mass is 311 g/mol. The molecule has 2 N–H and O–H groups in total. The Bertz CT molecular complexity index is 506. The van der Waals surface area contributed by atoms with E-state index >= 15 is 0 Å². The molecule has 0 atom stereocenters. The number of esters is 1. The van der Waals surface area contributed by atoms with Gasteiger partial charge in [0.1, 0.15) is 17.5 Å². The maximum Gasteiger partial charge on any atom is 0.306 e. The fraction of sp³-hybridized carbons (Fsp3) is 0.643. The van der Waals surface area contributed by atoms with Crippen molar-refractivity contribution in [3.63, 3.8) is 0 Å². The van der Waals surface area contributed by atoms with Gasteiger partial charge >= 0.3 is 5.97 Å². The van der Waals surface area contributed by atoms with Crippen LogP contribution in [0.2, 0.25) is 0 Å². The molecule has 0 unspecified atom stereocenters. The highest BCUT2D eigenvalue weighted by Crippen LogP contribution is 2.52. The summed E-state index contributed by atoms with van der Waals surface area (Å²) in [7, 11) is 1.43. The number of carbonyl (C=O) groups excluding carboxylic acids is 1. The predicted molar refractivity (Wildman–Crippen MR) is 80.8 cm³/mol. The highest BCUT2D eigenvalue weighted by atomic mass is 32.2. The van der Waals surface area contributed by atoms with Crippen LogP contribution in [0, 0.1) is 5.41 Å². The van der Waals surface area contributed by atoms with Crippen LogP contribution in [0.25, 0.3) is 0 Å². The molecule has 0 bridgehead atoms. The summed E-state index contributed by atoms with van der Waals surface area (Å²) in [5, 5.41) is 0.827. The molecule has 1 saturated carbocycles. The number of methoxy groups -OCH3 is 1. The first-order valence-electron chi connectivity index (χ1n) is 6.98. The third-order valence-corrected chi connectivity index (χ3v) is 4.70. The fourth-order valence-corrected chi connectivity index (χ4v) is 3.20. The van der Waals surface area contributed by atoms with Crippen LogP contribution < -0.4 is 5.73 Å². The molecular weight excluding hydrogens is 290 g/mol. The number of anilines is 1. The molecule has 1 aromatic rings.